The lowest BCUT2D eigenvalue weighted by atomic mass is 9.79. The first-order valence-corrected chi connectivity index (χ1v) is 8.67. The molecule has 0 unspecified atom stereocenters. The summed E-state index contributed by atoms with van der Waals surface area (Å²) in [5.41, 5.74) is 0.822. The summed E-state index contributed by atoms with van der Waals surface area (Å²) in [5, 5.41) is 21.3. The summed E-state index contributed by atoms with van der Waals surface area (Å²) in [6.07, 6.45) is 0.256. The monoisotopic (exact) mass is 340 g/mol. The Balaban J connectivity index is 3.35. The van der Waals surface area contributed by atoms with Crippen molar-refractivity contribution in [3.05, 3.63) is 17.2 Å². The molecule has 0 bridgehead atoms. The third kappa shape index (κ3) is 4.80. The van der Waals surface area contributed by atoms with Crippen LogP contribution in [0.15, 0.2) is 11.0 Å². The van der Waals surface area contributed by atoms with Gasteiger partial charge in [0.2, 0.25) is 0 Å². The van der Waals surface area contributed by atoms with Crippen molar-refractivity contribution in [1.29, 1.82) is 0 Å². The number of benzene rings is 1. The molecule has 0 amide bonds. The van der Waals surface area contributed by atoms with E-state index in [4.69, 9.17) is 0 Å². The molecule has 2 N–H and O–H groups in total. The smallest absolute Gasteiger partial charge is 0.306 e. The lowest BCUT2D eigenvalue weighted by molar-refractivity contribution is -0.140. The van der Waals surface area contributed by atoms with E-state index in [1.165, 1.54) is 18.9 Å². The molecule has 0 aliphatic rings. The standard InChI is InChI=1S/C18H28O4S/c1-17(2,3)11-10-12(19)16(23-9-8-13(20)22-7)14(15(11)21)18(4,5)6/h10,19,21H,8-9H2,1-7H3. The van der Waals surface area contributed by atoms with Crippen LogP contribution in [0.4, 0.5) is 0 Å². The van der Waals surface area contributed by atoms with Gasteiger partial charge in [-0.3, -0.25) is 4.79 Å². The quantitative estimate of drug-likeness (QED) is 0.484. The second-order valence-electron chi connectivity index (χ2n) is 7.67. The molecule has 0 spiro atoms. The van der Waals surface area contributed by atoms with Gasteiger partial charge in [0.05, 0.1) is 18.4 Å². The molecule has 0 radical (unpaired) electrons. The SMILES string of the molecule is COC(=O)CCSc1c(O)cc(C(C)(C)C)c(O)c1C(C)(C)C. The summed E-state index contributed by atoms with van der Waals surface area (Å²) in [6, 6.07) is 1.63. The van der Waals surface area contributed by atoms with Crippen molar-refractivity contribution in [2.75, 3.05) is 12.9 Å². The molecule has 1 rings (SSSR count). The molecule has 1 aromatic carbocycles. The molecule has 0 saturated carbocycles. The van der Waals surface area contributed by atoms with Gasteiger partial charge in [0.1, 0.15) is 11.5 Å². The first-order chi connectivity index (χ1) is 10.4. The predicted octanol–water partition coefficient (Wildman–Crippen LogP) is 4.35. The highest BCUT2D eigenvalue weighted by molar-refractivity contribution is 7.99. The molecule has 5 heteroatoms. The number of ether oxygens (including phenoxy) is 1. The topological polar surface area (TPSA) is 66.8 Å². The van der Waals surface area contributed by atoms with Crippen LogP contribution in [0.1, 0.15) is 59.1 Å². The number of carbonyl (C=O) groups is 1. The average Bonchev–Trinajstić information content (AvgIpc) is 2.39. The minimum Gasteiger partial charge on any atom is -0.507 e. The van der Waals surface area contributed by atoms with Gasteiger partial charge in [0.25, 0.3) is 0 Å². The van der Waals surface area contributed by atoms with Crippen LogP contribution in [0.5, 0.6) is 11.5 Å². The van der Waals surface area contributed by atoms with Crippen molar-refractivity contribution in [2.45, 2.75) is 63.7 Å². The summed E-state index contributed by atoms with van der Waals surface area (Å²) in [7, 11) is 1.36. The molecule has 0 aromatic heterocycles. The maximum Gasteiger partial charge on any atom is 0.306 e. The Bertz CT molecular complexity index is 580. The molecule has 0 aliphatic heterocycles. The highest BCUT2D eigenvalue weighted by Gasteiger charge is 2.30. The summed E-state index contributed by atoms with van der Waals surface area (Å²) in [5.74, 6) is 0.568. The van der Waals surface area contributed by atoms with E-state index in [1.54, 1.807) is 6.07 Å². The first-order valence-electron chi connectivity index (χ1n) is 7.69. The van der Waals surface area contributed by atoms with Gasteiger partial charge in [0.15, 0.2) is 0 Å². The Morgan fingerprint density at radius 1 is 1.13 bits per heavy atom. The van der Waals surface area contributed by atoms with Gasteiger partial charge in [-0.15, -0.1) is 11.8 Å². The number of aromatic hydroxyl groups is 2. The van der Waals surface area contributed by atoms with E-state index in [-0.39, 0.29) is 34.7 Å². The fourth-order valence-electron chi connectivity index (χ4n) is 2.39. The largest absolute Gasteiger partial charge is 0.507 e. The molecule has 0 heterocycles. The number of carbonyl (C=O) groups excluding carboxylic acids is 1. The molecule has 0 aliphatic carbocycles. The molecule has 0 fully saturated rings. The molecule has 1 aromatic rings. The zero-order valence-electron chi connectivity index (χ0n) is 15.1. The molecule has 0 atom stereocenters. The van der Waals surface area contributed by atoms with Crippen LogP contribution in [0.25, 0.3) is 0 Å². The number of hydrogen-bond donors (Lipinski definition) is 2. The van der Waals surface area contributed by atoms with Crippen LogP contribution in [0.2, 0.25) is 0 Å². The van der Waals surface area contributed by atoms with Crippen LogP contribution in [0, 0.1) is 0 Å². The van der Waals surface area contributed by atoms with Gasteiger partial charge < -0.3 is 14.9 Å². The van der Waals surface area contributed by atoms with Crippen LogP contribution in [-0.4, -0.2) is 29.0 Å². The van der Waals surface area contributed by atoms with Gasteiger partial charge >= 0.3 is 5.97 Å². The fraction of sp³-hybridized carbons (Fsp3) is 0.611. The third-order valence-electron chi connectivity index (χ3n) is 3.57. The minimum absolute atomic E-state index is 0.146. The maximum atomic E-state index is 11.3. The van der Waals surface area contributed by atoms with Gasteiger partial charge in [0, 0.05) is 16.9 Å². The van der Waals surface area contributed by atoms with E-state index in [0.717, 1.165) is 11.1 Å². The number of phenols is 2. The highest BCUT2D eigenvalue weighted by atomic mass is 32.2. The van der Waals surface area contributed by atoms with Crippen molar-refractivity contribution in [1.82, 2.24) is 0 Å². The van der Waals surface area contributed by atoms with Gasteiger partial charge in [-0.25, -0.2) is 0 Å². The first kappa shape index (κ1) is 19.7. The Kier molecular flexibility index (Phi) is 6.02. The molecule has 4 nitrogen and oxygen atoms in total. The molecule has 130 valence electrons. The number of thioether (sulfide) groups is 1. The minimum atomic E-state index is -0.337. The van der Waals surface area contributed by atoms with Crippen LogP contribution in [0.3, 0.4) is 0 Å². The summed E-state index contributed by atoms with van der Waals surface area (Å²) < 4.78 is 4.64. The van der Waals surface area contributed by atoms with Gasteiger partial charge in [-0.05, 0) is 16.9 Å². The third-order valence-corrected chi connectivity index (χ3v) is 4.68. The second kappa shape index (κ2) is 7.04. The van der Waals surface area contributed by atoms with E-state index in [0.29, 0.717) is 10.6 Å². The van der Waals surface area contributed by atoms with Gasteiger partial charge in [-0.2, -0.15) is 0 Å². The molecule has 0 saturated heterocycles. The van der Waals surface area contributed by atoms with Crippen molar-refractivity contribution < 1.29 is 19.7 Å². The highest BCUT2D eigenvalue weighted by Crippen LogP contribution is 2.48. The summed E-state index contributed by atoms with van der Waals surface area (Å²) >= 11 is 1.37. The summed E-state index contributed by atoms with van der Waals surface area (Å²) in [4.78, 5) is 11.9. The van der Waals surface area contributed by atoms with E-state index >= 15 is 0 Å². The van der Waals surface area contributed by atoms with E-state index in [9.17, 15) is 15.0 Å². The number of phenolic OH excluding ortho intramolecular Hbond substituents is 2. The predicted molar refractivity (Wildman–Crippen MR) is 94.5 cm³/mol. The normalized spacial score (nSPS) is 12.3. The average molecular weight is 340 g/mol. The number of esters is 1. The second-order valence-corrected chi connectivity index (χ2v) is 8.78. The number of rotatable bonds is 4. The van der Waals surface area contributed by atoms with Crippen molar-refractivity contribution in [3.63, 3.8) is 0 Å². The lowest BCUT2D eigenvalue weighted by Gasteiger charge is -2.29. The Labute approximate surface area is 143 Å². The lowest BCUT2D eigenvalue weighted by Crippen LogP contribution is -2.18. The Morgan fingerprint density at radius 2 is 1.70 bits per heavy atom. The van der Waals surface area contributed by atoms with Crippen LogP contribution < -0.4 is 0 Å². The van der Waals surface area contributed by atoms with E-state index in [1.807, 2.05) is 41.5 Å². The van der Waals surface area contributed by atoms with Gasteiger partial charge in [-0.1, -0.05) is 41.5 Å². The zero-order valence-corrected chi connectivity index (χ0v) is 15.9. The Hall–Kier alpha value is -1.36. The van der Waals surface area contributed by atoms with E-state index < -0.39 is 0 Å². The van der Waals surface area contributed by atoms with Crippen molar-refractivity contribution in [2.24, 2.45) is 0 Å². The van der Waals surface area contributed by atoms with E-state index in [2.05, 4.69) is 4.74 Å². The summed E-state index contributed by atoms with van der Waals surface area (Å²) in [6.45, 7) is 12.0. The maximum absolute atomic E-state index is 11.3. The molecule has 23 heavy (non-hydrogen) atoms. The Morgan fingerprint density at radius 3 is 2.13 bits per heavy atom. The van der Waals surface area contributed by atoms with Crippen LogP contribution in [-0.2, 0) is 20.4 Å². The van der Waals surface area contributed by atoms with Crippen LogP contribution >= 0.6 is 11.8 Å². The van der Waals surface area contributed by atoms with Crippen molar-refractivity contribution >= 4 is 17.7 Å². The zero-order chi connectivity index (χ0) is 18.0. The molecular formula is C18H28O4S. The molecular weight excluding hydrogens is 312 g/mol. The fourth-order valence-corrected chi connectivity index (χ4v) is 3.62. The number of methoxy groups -OCH3 is 1. The number of hydrogen-bond acceptors (Lipinski definition) is 5. The van der Waals surface area contributed by atoms with Crippen molar-refractivity contribution in [3.8, 4) is 11.5 Å².